The summed E-state index contributed by atoms with van der Waals surface area (Å²) in [6.07, 6.45) is 8.82. The van der Waals surface area contributed by atoms with E-state index in [0.29, 0.717) is 10.7 Å². The van der Waals surface area contributed by atoms with Crippen LogP contribution < -0.4 is 5.32 Å². The number of rotatable bonds is 4. The lowest BCUT2D eigenvalue weighted by Crippen LogP contribution is -2.16. The molecule has 3 aromatic rings. The number of thiazole rings is 1. The summed E-state index contributed by atoms with van der Waals surface area (Å²) >= 11 is 1.33. The Kier molecular flexibility index (Phi) is 4.54. The molecule has 1 aromatic carbocycles. The van der Waals surface area contributed by atoms with Gasteiger partial charge in [-0.1, -0.05) is 30.3 Å². The summed E-state index contributed by atoms with van der Waals surface area (Å²) in [5.41, 5.74) is 1.86. The van der Waals surface area contributed by atoms with Gasteiger partial charge in [0.1, 0.15) is 9.88 Å². The third-order valence-corrected chi connectivity index (χ3v) is 4.06. The number of carbonyl (C=O) groups is 1. The van der Waals surface area contributed by atoms with Crippen LogP contribution in [0.1, 0.15) is 20.2 Å². The summed E-state index contributed by atoms with van der Waals surface area (Å²) in [5.74, 6) is 0.566. The number of nitrogens with one attached hydrogen (secondary N) is 1. The van der Waals surface area contributed by atoms with Crippen molar-refractivity contribution in [3.05, 3.63) is 64.4 Å². The van der Waals surface area contributed by atoms with E-state index in [0.717, 1.165) is 16.1 Å². The highest BCUT2D eigenvalue weighted by molar-refractivity contribution is 7.14. The normalized spacial score (nSPS) is 10.8. The molecule has 5 nitrogen and oxygen atoms in total. The zero-order valence-electron chi connectivity index (χ0n) is 12.4. The fraction of sp³-hybridized carbons (Fsp3) is 0.0588. The Balaban J connectivity index is 1.73. The monoisotopic (exact) mass is 322 g/mol. The zero-order chi connectivity index (χ0) is 16.1. The van der Waals surface area contributed by atoms with Gasteiger partial charge in [-0.3, -0.25) is 4.79 Å². The van der Waals surface area contributed by atoms with E-state index in [4.69, 9.17) is 0 Å². The summed E-state index contributed by atoms with van der Waals surface area (Å²) in [7, 11) is 1.60. The third kappa shape index (κ3) is 3.67. The van der Waals surface area contributed by atoms with Gasteiger partial charge in [0.05, 0.1) is 6.20 Å². The maximum Gasteiger partial charge on any atom is 0.262 e. The van der Waals surface area contributed by atoms with E-state index in [2.05, 4.69) is 20.3 Å². The fourth-order valence-corrected chi connectivity index (χ4v) is 2.69. The largest absolute Gasteiger partial charge is 0.354 e. The van der Waals surface area contributed by atoms with Crippen molar-refractivity contribution in [1.82, 2.24) is 20.3 Å². The average Bonchev–Trinajstić information content (AvgIpc) is 3.09. The van der Waals surface area contributed by atoms with Crippen LogP contribution in [-0.4, -0.2) is 27.9 Å². The molecule has 1 N–H and O–H groups in total. The number of hydrogen-bond donors (Lipinski definition) is 1. The van der Waals surface area contributed by atoms with Gasteiger partial charge in [-0.2, -0.15) is 0 Å². The Bertz CT molecular complexity index is 825. The van der Waals surface area contributed by atoms with Crippen molar-refractivity contribution in [3.8, 4) is 11.4 Å². The van der Waals surface area contributed by atoms with E-state index >= 15 is 0 Å². The van der Waals surface area contributed by atoms with Gasteiger partial charge in [-0.05, 0) is 12.2 Å². The minimum absolute atomic E-state index is 0.127. The van der Waals surface area contributed by atoms with Crippen molar-refractivity contribution in [2.75, 3.05) is 7.05 Å². The molecule has 0 aliphatic heterocycles. The van der Waals surface area contributed by atoms with Crippen molar-refractivity contribution < 1.29 is 4.79 Å². The van der Waals surface area contributed by atoms with Crippen molar-refractivity contribution >= 4 is 29.4 Å². The number of hydrogen-bond acceptors (Lipinski definition) is 5. The van der Waals surface area contributed by atoms with Gasteiger partial charge < -0.3 is 5.32 Å². The molecule has 0 unspecified atom stereocenters. The molecular weight excluding hydrogens is 308 g/mol. The lowest BCUT2D eigenvalue weighted by molar-refractivity contribution is 0.0967. The standard InChI is InChI=1S/C17H14N4OS/c1-18-17(22)14-11-19-15(23-14)8-7-12-9-20-16(21-10-12)13-5-3-2-4-6-13/h2-11H,1H3,(H,18,22). The molecular formula is C17H14N4OS. The van der Waals surface area contributed by atoms with Crippen LogP contribution in [0.3, 0.4) is 0 Å². The highest BCUT2D eigenvalue weighted by atomic mass is 32.1. The molecule has 0 aliphatic rings. The summed E-state index contributed by atoms with van der Waals surface area (Å²) in [6.45, 7) is 0. The molecule has 2 heterocycles. The molecule has 23 heavy (non-hydrogen) atoms. The van der Waals surface area contributed by atoms with Crippen LogP contribution >= 0.6 is 11.3 Å². The molecule has 0 radical (unpaired) electrons. The van der Waals surface area contributed by atoms with Crippen molar-refractivity contribution in [3.63, 3.8) is 0 Å². The summed E-state index contributed by atoms with van der Waals surface area (Å²) < 4.78 is 0. The Morgan fingerprint density at radius 1 is 1.04 bits per heavy atom. The first kappa shape index (κ1) is 15.1. The Hall–Kier alpha value is -2.86. The average molecular weight is 322 g/mol. The first-order valence-corrected chi connectivity index (χ1v) is 7.81. The van der Waals surface area contributed by atoms with Gasteiger partial charge in [-0.15, -0.1) is 11.3 Å². The quantitative estimate of drug-likeness (QED) is 0.801. The second kappa shape index (κ2) is 6.93. The topological polar surface area (TPSA) is 67.8 Å². The molecule has 0 bridgehead atoms. The lowest BCUT2D eigenvalue weighted by atomic mass is 10.2. The first-order chi connectivity index (χ1) is 11.3. The zero-order valence-corrected chi connectivity index (χ0v) is 13.2. The third-order valence-electron chi connectivity index (χ3n) is 3.10. The molecule has 0 atom stereocenters. The van der Waals surface area contributed by atoms with Crippen LogP contribution in [0, 0.1) is 0 Å². The van der Waals surface area contributed by atoms with E-state index in [9.17, 15) is 4.79 Å². The summed E-state index contributed by atoms with van der Waals surface area (Å²) in [6, 6.07) is 9.82. The first-order valence-electron chi connectivity index (χ1n) is 7.00. The van der Waals surface area contributed by atoms with E-state index in [1.54, 1.807) is 25.6 Å². The van der Waals surface area contributed by atoms with Crippen LogP contribution in [-0.2, 0) is 0 Å². The van der Waals surface area contributed by atoms with Gasteiger partial charge >= 0.3 is 0 Å². The number of carbonyl (C=O) groups excluding carboxylic acids is 1. The van der Waals surface area contributed by atoms with E-state index in [-0.39, 0.29) is 5.91 Å². The number of benzene rings is 1. The van der Waals surface area contributed by atoms with Crippen LogP contribution in [0.2, 0.25) is 0 Å². The van der Waals surface area contributed by atoms with Crippen LogP contribution in [0.5, 0.6) is 0 Å². The number of nitrogens with zero attached hydrogens (tertiary/aromatic N) is 3. The molecule has 3 rings (SSSR count). The molecule has 0 fully saturated rings. The molecule has 2 aromatic heterocycles. The fourth-order valence-electron chi connectivity index (χ4n) is 1.92. The molecule has 0 aliphatic carbocycles. The van der Waals surface area contributed by atoms with Gasteiger partial charge in [0.25, 0.3) is 5.91 Å². The van der Waals surface area contributed by atoms with Gasteiger partial charge in [-0.25, -0.2) is 15.0 Å². The van der Waals surface area contributed by atoms with Crippen molar-refractivity contribution in [1.29, 1.82) is 0 Å². The Morgan fingerprint density at radius 2 is 1.78 bits per heavy atom. The maximum atomic E-state index is 11.5. The molecule has 1 amide bonds. The van der Waals surface area contributed by atoms with Gasteiger partial charge in [0.15, 0.2) is 5.82 Å². The van der Waals surface area contributed by atoms with Gasteiger partial charge in [0, 0.05) is 30.6 Å². The van der Waals surface area contributed by atoms with E-state index < -0.39 is 0 Å². The molecule has 114 valence electrons. The minimum Gasteiger partial charge on any atom is -0.354 e. The predicted octanol–water partition coefficient (Wildman–Crippen LogP) is 3.13. The second-order valence-corrected chi connectivity index (χ2v) is 5.74. The van der Waals surface area contributed by atoms with E-state index in [1.165, 1.54) is 11.3 Å². The smallest absolute Gasteiger partial charge is 0.262 e. The van der Waals surface area contributed by atoms with E-state index in [1.807, 2.05) is 42.5 Å². The molecule has 6 heteroatoms. The number of aromatic nitrogens is 3. The van der Waals surface area contributed by atoms with Crippen LogP contribution in [0.15, 0.2) is 48.9 Å². The SMILES string of the molecule is CNC(=O)c1cnc(C=Cc2cnc(-c3ccccc3)nc2)s1. The van der Waals surface area contributed by atoms with Crippen molar-refractivity contribution in [2.24, 2.45) is 0 Å². The highest BCUT2D eigenvalue weighted by Gasteiger charge is 2.06. The predicted molar refractivity (Wildman–Crippen MR) is 91.9 cm³/mol. The lowest BCUT2D eigenvalue weighted by Gasteiger charge is -1.99. The molecule has 0 spiro atoms. The highest BCUT2D eigenvalue weighted by Crippen LogP contribution is 2.17. The summed E-state index contributed by atoms with van der Waals surface area (Å²) in [4.78, 5) is 25.0. The Morgan fingerprint density at radius 3 is 2.48 bits per heavy atom. The second-order valence-electron chi connectivity index (χ2n) is 4.68. The Labute approximate surface area is 137 Å². The summed E-state index contributed by atoms with van der Waals surface area (Å²) in [5, 5.41) is 3.34. The molecule has 0 saturated heterocycles. The van der Waals surface area contributed by atoms with Gasteiger partial charge in [0.2, 0.25) is 0 Å². The number of amides is 1. The van der Waals surface area contributed by atoms with Crippen LogP contribution in [0.4, 0.5) is 0 Å². The van der Waals surface area contributed by atoms with Crippen molar-refractivity contribution in [2.45, 2.75) is 0 Å². The minimum atomic E-state index is -0.127. The molecule has 0 saturated carbocycles. The maximum absolute atomic E-state index is 11.5. The van der Waals surface area contributed by atoms with Crippen LogP contribution in [0.25, 0.3) is 23.5 Å².